The first kappa shape index (κ1) is 16.9. The topological polar surface area (TPSA) is 35.2 Å². The minimum absolute atomic E-state index is 0.0780. The van der Waals surface area contributed by atoms with Crippen molar-refractivity contribution in [3.8, 4) is 16.9 Å². The van der Waals surface area contributed by atoms with Gasteiger partial charge in [0, 0.05) is 5.69 Å². The molecule has 0 saturated carbocycles. The van der Waals surface area contributed by atoms with Crippen LogP contribution in [0.4, 0.5) is 18.9 Å². The number of hydrogen-bond acceptors (Lipinski definition) is 2. The lowest BCUT2D eigenvalue weighted by Gasteiger charge is -2.11. The first-order chi connectivity index (χ1) is 11.9. The molecule has 0 aliphatic carbocycles. The molecule has 3 aromatic carbocycles. The van der Waals surface area contributed by atoms with Gasteiger partial charge in [0.2, 0.25) is 0 Å². The molecule has 0 spiro atoms. The summed E-state index contributed by atoms with van der Waals surface area (Å²) in [5.74, 6) is 0.646. The summed E-state index contributed by atoms with van der Waals surface area (Å²) >= 11 is 0. The first-order valence-electron chi connectivity index (χ1n) is 7.67. The van der Waals surface area contributed by atoms with Gasteiger partial charge < -0.3 is 10.5 Å². The lowest BCUT2D eigenvalue weighted by Crippen LogP contribution is -2.06. The molecule has 25 heavy (non-hydrogen) atoms. The van der Waals surface area contributed by atoms with E-state index in [1.165, 1.54) is 6.07 Å². The molecule has 5 heteroatoms. The number of nitrogens with two attached hydrogens (primary N) is 1. The van der Waals surface area contributed by atoms with Crippen LogP contribution in [0.15, 0.2) is 72.8 Å². The minimum Gasteiger partial charge on any atom is -0.489 e. The van der Waals surface area contributed by atoms with E-state index in [4.69, 9.17) is 10.5 Å². The Morgan fingerprint density at radius 2 is 1.48 bits per heavy atom. The SMILES string of the molecule is Nc1cc(-c2ccc(OCc3ccccc3)cc2)cc(C(F)(F)F)c1. The zero-order valence-electron chi connectivity index (χ0n) is 13.3. The van der Waals surface area contributed by atoms with E-state index >= 15 is 0 Å². The fourth-order valence-corrected chi connectivity index (χ4v) is 2.47. The molecular formula is C20H16F3NO. The number of nitrogen functional groups attached to an aromatic ring is 1. The summed E-state index contributed by atoms with van der Waals surface area (Å²) in [5.41, 5.74) is 7.03. The molecule has 0 unspecified atom stereocenters. The maximum absolute atomic E-state index is 12.9. The summed E-state index contributed by atoms with van der Waals surface area (Å²) in [6.07, 6.45) is -4.43. The quantitative estimate of drug-likeness (QED) is 0.632. The molecule has 2 N–H and O–H groups in total. The Hall–Kier alpha value is -2.95. The fraction of sp³-hybridized carbons (Fsp3) is 0.100. The molecule has 0 bridgehead atoms. The number of anilines is 1. The minimum atomic E-state index is -4.43. The molecule has 0 heterocycles. The van der Waals surface area contributed by atoms with Crippen molar-refractivity contribution < 1.29 is 17.9 Å². The molecule has 0 fully saturated rings. The zero-order valence-corrected chi connectivity index (χ0v) is 13.3. The third kappa shape index (κ3) is 4.32. The molecular weight excluding hydrogens is 327 g/mol. The van der Waals surface area contributed by atoms with E-state index in [2.05, 4.69) is 0 Å². The fourth-order valence-electron chi connectivity index (χ4n) is 2.47. The summed E-state index contributed by atoms with van der Waals surface area (Å²) in [7, 11) is 0. The Labute approximate surface area is 143 Å². The molecule has 0 aromatic heterocycles. The second kappa shape index (κ2) is 6.89. The van der Waals surface area contributed by atoms with Gasteiger partial charge in [-0.1, -0.05) is 42.5 Å². The van der Waals surface area contributed by atoms with Crippen molar-refractivity contribution in [2.75, 3.05) is 5.73 Å². The number of ether oxygens (including phenoxy) is 1. The van der Waals surface area contributed by atoms with Crippen molar-refractivity contribution in [2.24, 2.45) is 0 Å². The van der Waals surface area contributed by atoms with Gasteiger partial charge in [0.15, 0.2) is 0 Å². The van der Waals surface area contributed by atoms with Crippen LogP contribution in [0.3, 0.4) is 0 Å². The van der Waals surface area contributed by atoms with Crippen LogP contribution < -0.4 is 10.5 Å². The Balaban J connectivity index is 1.77. The highest BCUT2D eigenvalue weighted by atomic mass is 19.4. The van der Waals surface area contributed by atoms with Crippen molar-refractivity contribution in [1.82, 2.24) is 0 Å². The predicted octanol–water partition coefficient (Wildman–Crippen LogP) is 5.53. The predicted molar refractivity (Wildman–Crippen MR) is 92.1 cm³/mol. The lowest BCUT2D eigenvalue weighted by molar-refractivity contribution is -0.137. The van der Waals surface area contributed by atoms with E-state index in [0.29, 0.717) is 23.5 Å². The van der Waals surface area contributed by atoms with Gasteiger partial charge in [0.05, 0.1) is 5.56 Å². The van der Waals surface area contributed by atoms with Gasteiger partial charge in [-0.2, -0.15) is 13.2 Å². The highest BCUT2D eigenvalue weighted by molar-refractivity contribution is 5.69. The third-order valence-electron chi connectivity index (χ3n) is 3.72. The van der Waals surface area contributed by atoms with E-state index in [0.717, 1.165) is 17.7 Å². The second-order valence-electron chi connectivity index (χ2n) is 5.64. The molecule has 128 valence electrons. The van der Waals surface area contributed by atoms with Gasteiger partial charge in [-0.15, -0.1) is 0 Å². The van der Waals surface area contributed by atoms with Gasteiger partial charge in [-0.3, -0.25) is 0 Å². The van der Waals surface area contributed by atoms with Gasteiger partial charge in [-0.25, -0.2) is 0 Å². The van der Waals surface area contributed by atoms with Crippen LogP contribution in [0.5, 0.6) is 5.75 Å². The van der Waals surface area contributed by atoms with Crippen LogP contribution in [0.1, 0.15) is 11.1 Å². The number of rotatable bonds is 4. The van der Waals surface area contributed by atoms with Crippen molar-refractivity contribution in [3.63, 3.8) is 0 Å². The van der Waals surface area contributed by atoms with Crippen LogP contribution >= 0.6 is 0 Å². The first-order valence-corrected chi connectivity index (χ1v) is 7.67. The van der Waals surface area contributed by atoms with E-state index < -0.39 is 11.7 Å². The lowest BCUT2D eigenvalue weighted by atomic mass is 10.0. The van der Waals surface area contributed by atoms with Crippen molar-refractivity contribution in [3.05, 3.63) is 83.9 Å². The van der Waals surface area contributed by atoms with Gasteiger partial charge in [0.1, 0.15) is 12.4 Å². The standard InChI is InChI=1S/C20H16F3NO/c21-20(22,23)17-10-16(11-18(24)12-17)15-6-8-19(9-7-15)25-13-14-4-2-1-3-5-14/h1-12H,13,24H2. The smallest absolute Gasteiger partial charge is 0.416 e. The summed E-state index contributed by atoms with van der Waals surface area (Å²) in [4.78, 5) is 0. The average Bonchev–Trinajstić information content (AvgIpc) is 2.60. The normalized spacial score (nSPS) is 11.3. The summed E-state index contributed by atoms with van der Waals surface area (Å²) < 4.78 is 44.4. The Kier molecular flexibility index (Phi) is 4.65. The van der Waals surface area contributed by atoms with Crippen LogP contribution in [-0.2, 0) is 12.8 Å². The van der Waals surface area contributed by atoms with Crippen molar-refractivity contribution >= 4 is 5.69 Å². The maximum atomic E-state index is 12.9. The van der Waals surface area contributed by atoms with E-state index in [1.807, 2.05) is 30.3 Å². The molecule has 0 radical (unpaired) electrons. The summed E-state index contributed by atoms with van der Waals surface area (Å²) in [6.45, 7) is 0.427. The molecule has 2 nitrogen and oxygen atoms in total. The Morgan fingerprint density at radius 3 is 2.12 bits per heavy atom. The monoisotopic (exact) mass is 343 g/mol. The molecule has 0 saturated heterocycles. The van der Waals surface area contributed by atoms with Crippen molar-refractivity contribution in [1.29, 1.82) is 0 Å². The summed E-state index contributed by atoms with van der Waals surface area (Å²) in [5, 5.41) is 0. The zero-order chi connectivity index (χ0) is 17.9. The Morgan fingerprint density at radius 1 is 0.800 bits per heavy atom. The van der Waals surface area contributed by atoms with Crippen molar-refractivity contribution in [2.45, 2.75) is 12.8 Å². The molecule has 3 rings (SSSR count). The van der Waals surface area contributed by atoms with Crippen LogP contribution in [-0.4, -0.2) is 0 Å². The van der Waals surface area contributed by atoms with Crippen LogP contribution in [0.2, 0.25) is 0 Å². The number of benzene rings is 3. The van der Waals surface area contributed by atoms with Gasteiger partial charge in [0.25, 0.3) is 0 Å². The molecule has 0 aliphatic rings. The van der Waals surface area contributed by atoms with Gasteiger partial charge >= 0.3 is 6.18 Å². The highest BCUT2D eigenvalue weighted by Gasteiger charge is 2.31. The molecule has 3 aromatic rings. The second-order valence-corrected chi connectivity index (χ2v) is 5.64. The highest BCUT2D eigenvalue weighted by Crippen LogP contribution is 2.34. The number of hydrogen-bond donors (Lipinski definition) is 1. The van der Waals surface area contributed by atoms with Gasteiger partial charge in [-0.05, 0) is 47.0 Å². The van der Waals surface area contributed by atoms with E-state index in [-0.39, 0.29) is 5.69 Å². The number of halogens is 3. The molecule has 0 aliphatic heterocycles. The average molecular weight is 343 g/mol. The van der Waals surface area contributed by atoms with E-state index in [1.54, 1.807) is 24.3 Å². The van der Waals surface area contributed by atoms with Crippen LogP contribution in [0, 0.1) is 0 Å². The third-order valence-corrected chi connectivity index (χ3v) is 3.72. The molecule has 0 atom stereocenters. The summed E-state index contributed by atoms with van der Waals surface area (Å²) in [6, 6.07) is 20.2. The Bertz CT molecular complexity index is 843. The largest absolute Gasteiger partial charge is 0.489 e. The molecule has 0 amide bonds. The number of alkyl halides is 3. The maximum Gasteiger partial charge on any atom is 0.416 e. The van der Waals surface area contributed by atoms with Crippen LogP contribution in [0.25, 0.3) is 11.1 Å². The van der Waals surface area contributed by atoms with E-state index in [9.17, 15) is 13.2 Å².